The Kier molecular flexibility index (Phi) is 1.99. The number of fused-ring (bicyclic) bond motifs is 1. The summed E-state index contributed by atoms with van der Waals surface area (Å²) in [5.74, 6) is 0. The average molecular weight is 260 g/mol. The van der Waals surface area contributed by atoms with Crippen LogP contribution in [0.2, 0.25) is 0 Å². The average Bonchev–Trinajstić information content (AvgIpc) is 2.90. The van der Waals surface area contributed by atoms with Crippen molar-refractivity contribution in [3.05, 3.63) is 17.5 Å². The van der Waals surface area contributed by atoms with Gasteiger partial charge in [-0.3, -0.25) is 0 Å². The molecule has 0 unspecified atom stereocenters. The van der Waals surface area contributed by atoms with E-state index in [9.17, 15) is 13.2 Å². The number of aromatic amines is 1. The molecular weight excluding hydrogens is 257 g/mol. The summed E-state index contributed by atoms with van der Waals surface area (Å²) in [5, 5.41) is 3.50. The second kappa shape index (κ2) is 3.29. The number of H-pyrrole nitrogens is 1. The highest BCUT2D eigenvalue weighted by Crippen LogP contribution is 2.40. The number of aromatic nitrogens is 4. The van der Waals surface area contributed by atoms with Crippen molar-refractivity contribution in [1.29, 1.82) is 0 Å². The highest BCUT2D eigenvalue weighted by atomic mass is 32.1. The van der Waals surface area contributed by atoms with Crippen LogP contribution in [0.4, 0.5) is 13.2 Å². The maximum atomic E-state index is 12.7. The second-order valence-corrected chi connectivity index (χ2v) is 3.93. The molecule has 17 heavy (non-hydrogen) atoms. The van der Waals surface area contributed by atoms with Crippen LogP contribution in [0.15, 0.2) is 17.0 Å². The Hall–Kier alpha value is -1.90. The van der Waals surface area contributed by atoms with Gasteiger partial charge in [0.25, 0.3) is 0 Å². The van der Waals surface area contributed by atoms with Crippen molar-refractivity contribution < 1.29 is 17.6 Å². The number of nitrogens with one attached hydrogen (secondary N) is 1. The molecule has 0 saturated carbocycles. The van der Waals surface area contributed by atoms with E-state index in [2.05, 4.69) is 19.6 Å². The Morgan fingerprint density at radius 3 is 2.94 bits per heavy atom. The summed E-state index contributed by atoms with van der Waals surface area (Å²) in [7, 11) is 0. The number of hydrogen-bond donors (Lipinski definition) is 1. The van der Waals surface area contributed by atoms with Gasteiger partial charge in [0.05, 0.1) is 5.56 Å². The molecule has 0 aliphatic heterocycles. The van der Waals surface area contributed by atoms with Crippen molar-refractivity contribution in [1.82, 2.24) is 19.6 Å². The molecule has 1 N–H and O–H groups in total. The molecule has 0 aliphatic rings. The quantitative estimate of drug-likeness (QED) is 0.730. The number of hydrogen-bond acceptors (Lipinski definition) is 5. The molecule has 0 saturated heterocycles. The molecule has 88 valence electrons. The molecule has 0 spiro atoms. The van der Waals surface area contributed by atoms with Gasteiger partial charge in [0, 0.05) is 6.20 Å². The SMILES string of the molecule is FC(F)(F)c1snnc1-c1c[nH]c2ncoc12. The molecule has 3 aromatic heterocycles. The summed E-state index contributed by atoms with van der Waals surface area (Å²) >= 11 is 0.304. The summed E-state index contributed by atoms with van der Waals surface area (Å²) in [5.41, 5.74) is 0.577. The summed E-state index contributed by atoms with van der Waals surface area (Å²) in [6.45, 7) is 0. The van der Waals surface area contributed by atoms with Crippen molar-refractivity contribution in [3.8, 4) is 11.3 Å². The topological polar surface area (TPSA) is 67.6 Å². The first kappa shape index (κ1) is 10.3. The Bertz CT molecular complexity index is 667. The number of nitrogens with zero attached hydrogens (tertiary/aromatic N) is 3. The van der Waals surface area contributed by atoms with E-state index in [0.717, 1.165) is 6.39 Å². The van der Waals surface area contributed by atoms with Gasteiger partial charge in [-0.2, -0.15) is 18.2 Å². The summed E-state index contributed by atoms with van der Waals surface area (Å²) in [6.07, 6.45) is -1.96. The lowest BCUT2D eigenvalue weighted by atomic mass is 10.2. The molecule has 0 bridgehead atoms. The number of rotatable bonds is 1. The zero-order valence-electron chi connectivity index (χ0n) is 7.95. The van der Waals surface area contributed by atoms with E-state index in [1.54, 1.807) is 0 Å². The molecule has 5 nitrogen and oxygen atoms in total. The third-order valence-electron chi connectivity index (χ3n) is 2.17. The predicted octanol–water partition coefficient (Wildman–Crippen LogP) is 2.69. The van der Waals surface area contributed by atoms with Gasteiger partial charge in [0.15, 0.2) is 22.5 Å². The van der Waals surface area contributed by atoms with Gasteiger partial charge in [-0.15, -0.1) is 5.10 Å². The van der Waals surface area contributed by atoms with Gasteiger partial charge in [-0.25, -0.2) is 0 Å². The van der Waals surface area contributed by atoms with E-state index in [0.29, 0.717) is 17.2 Å². The van der Waals surface area contributed by atoms with E-state index >= 15 is 0 Å². The fourth-order valence-electron chi connectivity index (χ4n) is 1.47. The fraction of sp³-hybridized carbons (Fsp3) is 0.125. The van der Waals surface area contributed by atoms with E-state index in [-0.39, 0.29) is 16.8 Å². The lowest BCUT2D eigenvalue weighted by Gasteiger charge is -2.02. The highest BCUT2D eigenvalue weighted by Gasteiger charge is 2.38. The third-order valence-corrected chi connectivity index (χ3v) is 2.94. The second-order valence-electron chi connectivity index (χ2n) is 3.18. The summed E-state index contributed by atoms with van der Waals surface area (Å²) < 4.78 is 46.4. The lowest BCUT2D eigenvalue weighted by Crippen LogP contribution is -2.03. The van der Waals surface area contributed by atoms with E-state index in [1.165, 1.54) is 6.20 Å². The number of halogens is 3. The smallest absolute Gasteiger partial charge is 0.429 e. The minimum absolute atomic E-state index is 0.207. The summed E-state index contributed by atoms with van der Waals surface area (Å²) in [4.78, 5) is 5.64. The molecule has 3 aromatic rings. The van der Waals surface area contributed by atoms with Gasteiger partial charge < -0.3 is 9.40 Å². The third kappa shape index (κ3) is 1.50. The van der Waals surface area contributed by atoms with E-state index < -0.39 is 11.1 Å². The Morgan fingerprint density at radius 2 is 2.18 bits per heavy atom. The molecule has 0 fully saturated rings. The van der Waals surface area contributed by atoms with Crippen LogP contribution in [0.25, 0.3) is 22.5 Å². The molecule has 0 atom stereocenters. The van der Waals surface area contributed by atoms with Gasteiger partial charge in [0.1, 0.15) is 5.69 Å². The standard InChI is InChI=1S/C8H3F3N4OS/c9-8(10,11)6-4(14-15-17-6)3-1-12-7-5(3)16-2-13-7/h1-2,12H. The predicted molar refractivity (Wildman–Crippen MR) is 52.3 cm³/mol. The van der Waals surface area contributed by atoms with Gasteiger partial charge >= 0.3 is 6.18 Å². The molecule has 0 aromatic carbocycles. The van der Waals surface area contributed by atoms with Crippen LogP contribution in [0.1, 0.15) is 4.88 Å². The van der Waals surface area contributed by atoms with Crippen LogP contribution in [-0.4, -0.2) is 19.6 Å². The van der Waals surface area contributed by atoms with E-state index in [1.807, 2.05) is 0 Å². The van der Waals surface area contributed by atoms with Crippen LogP contribution in [-0.2, 0) is 6.18 Å². The first-order valence-corrected chi connectivity index (χ1v) is 5.15. The molecule has 3 rings (SSSR count). The molecule has 0 aliphatic carbocycles. The van der Waals surface area contributed by atoms with Crippen LogP contribution < -0.4 is 0 Å². The Balaban J connectivity index is 2.24. The molecule has 9 heteroatoms. The fourth-order valence-corrected chi connectivity index (χ4v) is 2.02. The van der Waals surface area contributed by atoms with Gasteiger partial charge in [0.2, 0.25) is 0 Å². The van der Waals surface area contributed by atoms with Crippen LogP contribution in [0, 0.1) is 0 Å². The van der Waals surface area contributed by atoms with Crippen LogP contribution in [0.3, 0.4) is 0 Å². The first-order valence-electron chi connectivity index (χ1n) is 4.38. The van der Waals surface area contributed by atoms with Gasteiger partial charge in [-0.1, -0.05) is 4.49 Å². The Morgan fingerprint density at radius 1 is 1.35 bits per heavy atom. The lowest BCUT2D eigenvalue weighted by molar-refractivity contribution is -0.134. The van der Waals surface area contributed by atoms with E-state index in [4.69, 9.17) is 4.42 Å². The normalized spacial score (nSPS) is 12.4. The molecule has 3 heterocycles. The molecule has 0 radical (unpaired) electrons. The zero-order chi connectivity index (χ0) is 12.0. The number of oxazole rings is 1. The van der Waals surface area contributed by atoms with Crippen molar-refractivity contribution in [2.75, 3.05) is 0 Å². The van der Waals surface area contributed by atoms with Crippen LogP contribution >= 0.6 is 11.5 Å². The first-order chi connectivity index (χ1) is 8.07. The Labute approximate surface area is 95.4 Å². The summed E-state index contributed by atoms with van der Waals surface area (Å²) in [6, 6.07) is 0. The number of alkyl halides is 3. The zero-order valence-corrected chi connectivity index (χ0v) is 8.76. The molecule has 0 amide bonds. The van der Waals surface area contributed by atoms with Gasteiger partial charge in [-0.05, 0) is 11.5 Å². The largest absolute Gasteiger partial charge is 0.441 e. The monoisotopic (exact) mass is 260 g/mol. The highest BCUT2D eigenvalue weighted by molar-refractivity contribution is 7.06. The van der Waals surface area contributed by atoms with Crippen molar-refractivity contribution in [2.45, 2.75) is 6.18 Å². The van der Waals surface area contributed by atoms with Crippen molar-refractivity contribution in [2.24, 2.45) is 0 Å². The van der Waals surface area contributed by atoms with Crippen molar-refractivity contribution >= 4 is 22.8 Å². The van der Waals surface area contributed by atoms with Crippen LogP contribution in [0.5, 0.6) is 0 Å². The molecular formula is C8H3F3N4OS. The minimum Gasteiger partial charge on any atom is -0.441 e. The maximum Gasteiger partial charge on any atom is 0.429 e. The minimum atomic E-state index is -4.48. The van der Waals surface area contributed by atoms with Crippen molar-refractivity contribution in [3.63, 3.8) is 0 Å². The maximum absolute atomic E-state index is 12.7.